The lowest BCUT2D eigenvalue weighted by Gasteiger charge is -2.17. The molecule has 0 aliphatic carbocycles. The van der Waals surface area contributed by atoms with Crippen molar-refractivity contribution in [3.63, 3.8) is 0 Å². The fourth-order valence-electron chi connectivity index (χ4n) is 2.72. The molecule has 8 nitrogen and oxygen atoms in total. The number of aliphatic carboxylic acids is 1. The zero-order valence-corrected chi connectivity index (χ0v) is 15.5. The maximum Gasteiger partial charge on any atom is 0.408 e. The maximum absolute atomic E-state index is 12.0. The molecular formula is C19H26N2O6. The van der Waals surface area contributed by atoms with Crippen molar-refractivity contribution in [2.45, 2.75) is 38.6 Å². The molecule has 0 bridgehead atoms. The summed E-state index contributed by atoms with van der Waals surface area (Å²) in [5.41, 5.74) is 0.383. The molecule has 1 aliphatic heterocycles. The first-order chi connectivity index (χ1) is 13.0. The van der Waals surface area contributed by atoms with Crippen LogP contribution in [0.2, 0.25) is 0 Å². The summed E-state index contributed by atoms with van der Waals surface area (Å²) in [4.78, 5) is 36.9. The summed E-state index contributed by atoms with van der Waals surface area (Å²) in [6.07, 6.45) is 2.85. The van der Waals surface area contributed by atoms with Gasteiger partial charge in [0.15, 0.2) is 12.6 Å². The van der Waals surface area contributed by atoms with Crippen LogP contribution in [0.5, 0.6) is 5.75 Å². The second kappa shape index (κ2) is 10.4. The second-order valence-corrected chi connectivity index (χ2v) is 6.35. The lowest BCUT2D eigenvalue weighted by atomic mass is 10.1. The Bertz CT molecular complexity index is 640. The third-order valence-electron chi connectivity index (χ3n) is 4.27. The number of amides is 2. The van der Waals surface area contributed by atoms with Crippen LogP contribution in [0.15, 0.2) is 24.3 Å². The molecule has 2 amide bonds. The molecule has 1 fully saturated rings. The van der Waals surface area contributed by atoms with Crippen LogP contribution in [-0.4, -0.2) is 54.3 Å². The molecule has 2 rings (SSSR count). The number of nitrogens with one attached hydrogen (secondary N) is 1. The third-order valence-corrected chi connectivity index (χ3v) is 4.27. The van der Waals surface area contributed by atoms with Crippen molar-refractivity contribution in [1.82, 2.24) is 10.2 Å². The SMILES string of the molecule is CCCCOC(=O)NC(C(=O)O)c1ccc(OCC(=O)N2CCCC2)cc1. The summed E-state index contributed by atoms with van der Waals surface area (Å²) in [6.45, 7) is 3.68. The average molecular weight is 378 g/mol. The van der Waals surface area contributed by atoms with Gasteiger partial charge in [-0.2, -0.15) is 0 Å². The molecule has 1 heterocycles. The number of rotatable bonds is 9. The highest BCUT2D eigenvalue weighted by Gasteiger charge is 2.23. The predicted molar refractivity (Wildman–Crippen MR) is 97.5 cm³/mol. The Morgan fingerprint density at radius 2 is 1.85 bits per heavy atom. The van der Waals surface area contributed by atoms with Crippen molar-refractivity contribution in [1.29, 1.82) is 0 Å². The van der Waals surface area contributed by atoms with Crippen LogP contribution in [0.1, 0.15) is 44.2 Å². The van der Waals surface area contributed by atoms with E-state index in [0.29, 0.717) is 17.7 Å². The van der Waals surface area contributed by atoms with Gasteiger partial charge in [0.1, 0.15) is 5.75 Å². The lowest BCUT2D eigenvalue weighted by Crippen LogP contribution is -2.34. The van der Waals surface area contributed by atoms with E-state index in [1.54, 1.807) is 29.2 Å². The summed E-state index contributed by atoms with van der Waals surface area (Å²) in [7, 11) is 0. The van der Waals surface area contributed by atoms with Crippen molar-refractivity contribution in [2.75, 3.05) is 26.3 Å². The van der Waals surface area contributed by atoms with Crippen molar-refractivity contribution in [3.05, 3.63) is 29.8 Å². The van der Waals surface area contributed by atoms with E-state index in [2.05, 4.69) is 5.32 Å². The van der Waals surface area contributed by atoms with Crippen LogP contribution in [0.4, 0.5) is 4.79 Å². The quantitative estimate of drug-likeness (QED) is 0.639. The van der Waals surface area contributed by atoms with Crippen molar-refractivity contribution < 1.29 is 29.0 Å². The van der Waals surface area contributed by atoms with E-state index in [-0.39, 0.29) is 19.1 Å². The van der Waals surface area contributed by atoms with E-state index < -0.39 is 18.1 Å². The molecule has 0 radical (unpaired) electrons. The molecule has 1 aromatic rings. The third kappa shape index (κ3) is 6.47. The van der Waals surface area contributed by atoms with Gasteiger partial charge in [-0.1, -0.05) is 25.5 Å². The summed E-state index contributed by atoms with van der Waals surface area (Å²) in [5.74, 6) is -0.794. The number of ether oxygens (including phenoxy) is 2. The Labute approximate surface area is 158 Å². The Balaban J connectivity index is 1.89. The van der Waals surface area contributed by atoms with Gasteiger partial charge >= 0.3 is 12.1 Å². The number of benzene rings is 1. The maximum atomic E-state index is 12.0. The highest BCUT2D eigenvalue weighted by atomic mass is 16.5. The number of alkyl carbamates (subject to hydrolysis) is 1. The normalized spacial score (nSPS) is 14.5. The summed E-state index contributed by atoms with van der Waals surface area (Å²) < 4.78 is 10.4. The zero-order valence-electron chi connectivity index (χ0n) is 15.5. The van der Waals surface area contributed by atoms with Gasteiger partial charge in [-0.05, 0) is 37.0 Å². The molecule has 1 saturated heterocycles. The molecule has 1 unspecified atom stereocenters. The topological polar surface area (TPSA) is 105 Å². The number of nitrogens with zero attached hydrogens (tertiary/aromatic N) is 1. The summed E-state index contributed by atoms with van der Waals surface area (Å²) in [5, 5.41) is 11.7. The predicted octanol–water partition coefficient (Wildman–Crippen LogP) is 2.34. The van der Waals surface area contributed by atoms with Crippen LogP contribution in [-0.2, 0) is 14.3 Å². The largest absolute Gasteiger partial charge is 0.484 e. The number of unbranched alkanes of at least 4 members (excludes halogenated alkanes) is 1. The van der Waals surface area contributed by atoms with Crippen LogP contribution < -0.4 is 10.1 Å². The molecule has 0 spiro atoms. The Kier molecular flexibility index (Phi) is 7.91. The van der Waals surface area contributed by atoms with Gasteiger partial charge < -0.3 is 24.8 Å². The van der Waals surface area contributed by atoms with Crippen LogP contribution in [0, 0.1) is 0 Å². The van der Waals surface area contributed by atoms with Gasteiger partial charge in [0.05, 0.1) is 6.61 Å². The summed E-state index contributed by atoms with van der Waals surface area (Å²) >= 11 is 0. The second-order valence-electron chi connectivity index (χ2n) is 6.35. The first-order valence-corrected chi connectivity index (χ1v) is 9.18. The van der Waals surface area contributed by atoms with Crippen LogP contribution >= 0.6 is 0 Å². The van der Waals surface area contributed by atoms with Gasteiger partial charge in [0.2, 0.25) is 0 Å². The fraction of sp³-hybridized carbons (Fsp3) is 0.526. The molecule has 1 atom stereocenters. The van der Waals surface area contributed by atoms with E-state index in [4.69, 9.17) is 9.47 Å². The molecule has 1 aromatic carbocycles. The summed E-state index contributed by atoms with van der Waals surface area (Å²) in [6, 6.07) is 5.01. The number of hydrogen-bond acceptors (Lipinski definition) is 5. The molecule has 0 aromatic heterocycles. The van der Waals surface area contributed by atoms with Crippen molar-refractivity contribution in [2.24, 2.45) is 0 Å². The number of carboxylic acids is 1. The number of carboxylic acid groups (broad SMARTS) is 1. The Morgan fingerprint density at radius 3 is 2.44 bits per heavy atom. The molecule has 0 saturated carbocycles. The monoisotopic (exact) mass is 378 g/mol. The number of carbonyl (C=O) groups excluding carboxylic acids is 2. The minimum atomic E-state index is -1.22. The van der Waals surface area contributed by atoms with Gasteiger partial charge in [-0.3, -0.25) is 4.79 Å². The van der Waals surface area contributed by atoms with Gasteiger partial charge in [0, 0.05) is 13.1 Å². The molecule has 2 N–H and O–H groups in total. The average Bonchev–Trinajstić information content (AvgIpc) is 3.19. The fourth-order valence-corrected chi connectivity index (χ4v) is 2.72. The number of hydrogen-bond donors (Lipinski definition) is 2. The van der Waals surface area contributed by atoms with Crippen molar-refractivity contribution in [3.8, 4) is 5.75 Å². The smallest absolute Gasteiger partial charge is 0.408 e. The Hall–Kier alpha value is -2.77. The minimum absolute atomic E-state index is 0.0519. The van der Waals surface area contributed by atoms with Gasteiger partial charge in [0.25, 0.3) is 5.91 Å². The van der Waals surface area contributed by atoms with Crippen molar-refractivity contribution >= 4 is 18.0 Å². The first-order valence-electron chi connectivity index (χ1n) is 9.18. The number of carbonyl (C=O) groups is 3. The van der Waals surface area contributed by atoms with E-state index >= 15 is 0 Å². The van der Waals surface area contributed by atoms with Gasteiger partial charge in [-0.15, -0.1) is 0 Å². The molecular weight excluding hydrogens is 352 g/mol. The molecule has 148 valence electrons. The lowest BCUT2D eigenvalue weighted by molar-refractivity contribution is -0.139. The molecule has 8 heteroatoms. The van der Waals surface area contributed by atoms with E-state index in [1.165, 1.54) is 0 Å². The van der Waals surface area contributed by atoms with E-state index in [0.717, 1.165) is 32.4 Å². The van der Waals surface area contributed by atoms with Crippen LogP contribution in [0.3, 0.4) is 0 Å². The van der Waals surface area contributed by atoms with E-state index in [9.17, 15) is 19.5 Å². The minimum Gasteiger partial charge on any atom is -0.484 e. The number of likely N-dealkylation sites (tertiary alicyclic amines) is 1. The van der Waals surface area contributed by atoms with Crippen LogP contribution in [0.25, 0.3) is 0 Å². The van der Waals surface area contributed by atoms with Gasteiger partial charge in [-0.25, -0.2) is 9.59 Å². The first kappa shape index (κ1) is 20.5. The highest BCUT2D eigenvalue weighted by molar-refractivity contribution is 5.81. The Morgan fingerprint density at radius 1 is 1.19 bits per heavy atom. The molecule has 27 heavy (non-hydrogen) atoms. The molecule has 1 aliphatic rings. The standard InChI is InChI=1S/C19H26N2O6/c1-2-3-12-26-19(25)20-17(18(23)24)14-6-8-15(9-7-14)27-13-16(22)21-10-4-5-11-21/h6-9,17H,2-5,10-13H2,1H3,(H,20,25)(H,23,24). The van der Waals surface area contributed by atoms with E-state index in [1.807, 2.05) is 6.92 Å². The highest BCUT2D eigenvalue weighted by Crippen LogP contribution is 2.19. The zero-order chi connectivity index (χ0) is 19.6.